The number of hydrogen-bond donors (Lipinski definition) is 1. The maximum absolute atomic E-state index is 12.1. The quantitative estimate of drug-likeness (QED) is 0.762. The van der Waals surface area contributed by atoms with Gasteiger partial charge < -0.3 is 19.7 Å². The Morgan fingerprint density at radius 1 is 1.16 bits per heavy atom. The standard InChI is InChI=1S/C17H18N2O5S/c1-19(17(22)14-4-3-9-25-14)10-15(20)18-12-5-7-13(8-6-12)24-11-16(21)23-2/h3-9H,10-11H2,1-2H3,(H,18,20). The third kappa shape index (κ3) is 5.61. The lowest BCUT2D eigenvalue weighted by Gasteiger charge is -2.16. The minimum absolute atomic E-state index is 0.0582. The van der Waals surface area contributed by atoms with Crippen molar-refractivity contribution in [2.75, 3.05) is 32.6 Å². The van der Waals surface area contributed by atoms with Gasteiger partial charge in [0, 0.05) is 12.7 Å². The Morgan fingerprint density at radius 2 is 1.88 bits per heavy atom. The van der Waals surface area contributed by atoms with Crippen LogP contribution in [0.15, 0.2) is 41.8 Å². The third-order valence-corrected chi connectivity index (χ3v) is 4.04. The predicted octanol–water partition coefficient (Wildman–Crippen LogP) is 2.01. The number of nitrogens with one attached hydrogen (secondary N) is 1. The van der Waals surface area contributed by atoms with Gasteiger partial charge in [0.05, 0.1) is 18.5 Å². The summed E-state index contributed by atoms with van der Waals surface area (Å²) in [6.07, 6.45) is 0. The van der Waals surface area contributed by atoms with Crippen molar-refractivity contribution < 1.29 is 23.9 Å². The summed E-state index contributed by atoms with van der Waals surface area (Å²) in [4.78, 5) is 37.1. The Kier molecular flexibility index (Phi) is 6.53. The largest absolute Gasteiger partial charge is 0.482 e. The zero-order chi connectivity index (χ0) is 18.2. The van der Waals surface area contributed by atoms with Crippen LogP contribution in [-0.4, -0.2) is 50.0 Å². The average molecular weight is 362 g/mol. The third-order valence-electron chi connectivity index (χ3n) is 3.18. The van der Waals surface area contributed by atoms with Crippen molar-refractivity contribution in [3.63, 3.8) is 0 Å². The summed E-state index contributed by atoms with van der Waals surface area (Å²) in [5, 5.41) is 4.51. The molecule has 25 heavy (non-hydrogen) atoms. The van der Waals surface area contributed by atoms with E-state index in [1.54, 1.807) is 43.4 Å². The fraction of sp³-hybridized carbons (Fsp3) is 0.235. The van der Waals surface area contributed by atoms with Crippen LogP contribution in [0.25, 0.3) is 0 Å². The number of anilines is 1. The van der Waals surface area contributed by atoms with Gasteiger partial charge in [-0.3, -0.25) is 9.59 Å². The van der Waals surface area contributed by atoms with E-state index in [0.717, 1.165) is 0 Å². The van der Waals surface area contributed by atoms with Gasteiger partial charge in [0.25, 0.3) is 5.91 Å². The Bertz CT molecular complexity index is 728. The smallest absolute Gasteiger partial charge is 0.343 e. The number of esters is 1. The Morgan fingerprint density at radius 3 is 2.48 bits per heavy atom. The van der Waals surface area contributed by atoms with E-state index in [-0.39, 0.29) is 25.0 Å². The topological polar surface area (TPSA) is 84.9 Å². The number of thiophene rings is 1. The Balaban J connectivity index is 1.83. The highest BCUT2D eigenvalue weighted by molar-refractivity contribution is 7.12. The van der Waals surface area contributed by atoms with E-state index in [1.165, 1.54) is 23.3 Å². The second kappa shape index (κ2) is 8.84. The molecule has 7 nitrogen and oxygen atoms in total. The van der Waals surface area contributed by atoms with Crippen LogP contribution in [0.1, 0.15) is 9.67 Å². The summed E-state index contributed by atoms with van der Waals surface area (Å²) >= 11 is 1.33. The van der Waals surface area contributed by atoms with E-state index in [9.17, 15) is 14.4 Å². The molecule has 0 fully saturated rings. The number of likely N-dealkylation sites (N-methyl/N-ethyl adjacent to an activating group) is 1. The lowest BCUT2D eigenvalue weighted by molar-refractivity contribution is -0.142. The van der Waals surface area contributed by atoms with Gasteiger partial charge >= 0.3 is 5.97 Å². The molecule has 0 radical (unpaired) electrons. The maximum atomic E-state index is 12.1. The van der Waals surface area contributed by atoms with Crippen molar-refractivity contribution in [2.45, 2.75) is 0 Å². The molecule has 0 aliphatic rings. The van der Waals surface area contributed by atoms with Gasteiger partial charge in [0.1, 0.15) is 5.75 Å². The normalized spacial score (nSPS) is 10.0. The molecule has 1 aromatic carbocycles. The molecule has 0 spiro atoms. The zero-order valence-corrected chi connectivity index (χ0v) is 14.7. The van der Waals surface area contributed by atoms with Crippen LogP contribution in [0.5, 0.6) is 5.75 Å². The van der Waals surface area contributed by atoms with Crippen LogP contribution in [-0.2, 0) is 14.3 Å². The Hall–Kier alpha value is -2.87. The van der Waals surface area contributed by atoms with Crippen molar-refractivity contribution in [3.8, 4) is 5.75 Å². The van der Waals surface area contributed by atoms with Gasteiger partial charge in [-0.1, -0.05) is 6.07 Å². The summed E-state index contributed by atoms with van der Waals surface area (Å²) in [6.45, 7) is -0.241. The van der Waals surface area contributed by atoms with Crippen LogP contribution in [0, 0.1) is 0 Å². The Labute approximate surface area is 149 Å². The summed E-state index contributed by atoms with van der Waals surface area (Å²) in [5.41, 5.74) is 0.562. The number of nitrogens with zero attached hydrogens (tertiary/aromatic N) is 1. The molecule has 2 rings (SSSR count). The van der Waals surface area contributed by atoms with E-state index in [0.29, 0.717) is 16.3 Å². The molecule has 0 unspecified atom stereocenters. The number of methoxy groups -OCH3 is 1. The van der Waals surface area contributed by atoms with Crippen LogP contribution in [0.4, 0.5) is 5.69 Å². The average Bonchev–Trinajstić information content (AvgIpc) is 3.14. The minimum atomic E-state index is -0.476. The summed E-state index contributed by atoms with van der Waals surface area (Å²) in [5.74, 6) is -0.503. The number of ether oxygens (including phenoxy) is 2. The first-order chi connectivity index (χ1) is 12.0. The van der Waals surface area contributed by atoms with Crippen LogP contribution in [0.2, 0.25) is 0 Å². The van der Waals surface area contributed by atoms with Gasteiger partial charge in [0.2, 0.25) is 5.91 Å². The number of carbonyl (C=O) groups is 3. The fourth-order valence-corrected chi connectivity index (χ4v) is 2.63. The summed E-state index contributed by atoms with van der Waals surface area (Å²) < 4.78 is 9.70. The molecule has 2 aromatic rings. The molecular weight excluding hydrogens is 344 g/mol. The van der Waals surface area contributed by atoms with Crippen LogP contribution < -0.4 is 10.1 Å². The van der Waals surface area contributed by atoms with Crippen molar-refractivity contribution in [3.05, 3.63) is 46.7 Å². The van der Waals surface area contributed by atoms with Crippen molar-refractivity contribution in [1.29, 1.82) is 0 Å². The second-order valence-electron chi connectivity index (χ2n) is 5.08. The predicted molar refractivity (Wildman–Crippen MR) is 93.9 cm³/mol. The van der Waals surface area contributed by atoms with Crippen LogP contribution >= 0.6 is 11.3 Å². The second-order valence-corrected chi connectivity index (χ2v) is 6.02. The van der Waals surface area contributed by atoms with Gasteiger partial charge in [-0.25, -0.2) is 4.79 Å². The molecule has 0 saturated carbocycles. The van der Waals surface area contributed by atoms with Crippen molar-refractivity contribution >= 4 is 34.8 Å². The molecule has 2 amide bonds. The molecule has 1 aromatic heterocycles. The number of amides is 2. The maximum Gasteiger partial charge on any atom is 0.343 e. The highest BCUT2D eigenvalue weighted by Crippen LogP contribution is 2.16. The first kappa shape index (κ1) is 18.5. The van der Waals surface area contributed by atoms with Crippen LogP contribution in [0.3, 0.4) is 0 Å². The van der Waals surface area contributed by atoms with Gasteiger partial charge in [-0.15, -0.1) is 11.3 Å². The molecular formula is C17H18N2O5S. The number of rotatable bonds is 7. The van der Waals surface area contributed by atoms with E-state index < -0.39 is 5.97 Å². The van der Waals surface area contributed by atoms with E-state index in [4.69, 9.17) is 4.74 Å². The lowest BCUT2D eigenvalue weighted by atomic mass is 10.3. The van der Waals surface area contributed by atoms with Crippen molar-refractivity contribution in [2.24, 2.45) is 0 Å². The fourth-order valence-electron chi connectivity index (χ4n) is 1.91. The zero-order valence-electron chi connectivity index (χ0n) is 13.9. The van der Waals surface area contributed by atoms with Gasteiger partial charge in [-0.05, 0) is 35.7 Å². The SMILES string of the molecule is COC(=O)COc1ccc(NC(=O)CN(C)C(=O)c2cccs2)cc1. The van der Waals surface area contributed by atoms with E-state index in [2.05, 4.69) is 10.1 Å². The highest BCUT2D eigenvalue weighted by Gasteiger charge is 2.15. The van der Waals surface area contributed by atoms with Gasteiger partial charge in [-0.2, -0.15) is 0 Å². The molecule has 0 bridgehead atoms. The van der Waals surface area contributed by atoms with Gasteiger partial charge in [0.15, 0.2) is 6.61 Å². The molecule has 1 heterocycles. The number of hydrogen-bond acceptors (Lipinski definition) is 6. The summed E-state index contributed by atoms with van der Waals surface area (Å²) in [6, 6.07) is 10.0. The lowest BCUT2D eigenvalue weighted by Crippen LogP contribution is -2.34. The highest BCUT2D eigenvalue weighted by atomic mass is 32.1. The van der Waals surface area contributed by atoms with E-state index in [1.807, 2.05) is 5.38 Å². The molecule has 132 valence electrons. The molecule has 0 aliphatic carbocycles. The van der Waals surface area contributed by atoms with E-state index >= 15 is 0 Å². The molecule has 0 aliphatic heterocycles. The van der Waals surface area contributed by atoms with Crippen molar-refractivity contribution in [1.82, 2.24) is 4.90 Å². The molecule has 0 atom stereocenters. The molecule has 0 saturated heterocycles. The number of carbonyl (C=O) groups excluding carboxylic acids is 3. The first-order valence-corrected chi connectivity index (χ1v) is 8.26. The summed E-state index contributed by atoms with van der Waals surface area (Å²) in [7, 11) is 2.86. The first-order valence-electron chi connectivity index (χ1n) is 7.38. The number of benzene rings is 1. The minimum Gasteiger partial charge on any atom is -0.482 e. The monoisotopic (exact) mass is 362 g/mol. The molecule has 8 heteroatoms. The molecule has 1 N–H and O–H groups in total.